The molecule has 0 spiro atoms. The molecule has 0 saturated heterocycles. The van der Waals surface area contributed by atoms with Crippen molar-refractivity contribution in [2.75, 3.05) is 0 Å². The zero-order valence-corrected chi connectivity index (χ0v) is 7.48. The van der Waals surface area contributed by atoms with E-state index < -0.39 is 19.8 Å². The molecular weight excluding hydrogens is 228 g/mol. The number of phosphoric acid groups is 1. The van der Waals surface area contributed by atoms with Crippen molar-refractivity contribution >= 4 is 19.8 Å². The molecule has 0 aliphatic heterocycles. The molecule has 0 aromatic carbocycles. The zero-order chi connectivity index (χ0) is 11.1. The number of aliphatic carboxylic acids is 2. The third kappa shape index (κ3) is 14.1. The van der Waals surface area contributed by atoms with Gasteiger partial charge in [0, 0.05) is 0 Å². The molecule has 3 N–H and O–H groups in total. The van der Waals surface area contributed by atoms with Crippen LogP contribution in [0, 0.1) is 0 Å². The fraction of sp³-hybridized carbons (Fsp3) is 0. The molecule has 0 aliphatic rings. The maximum atomic E-state index is 10.4. The molecule has 0 amide bonds. The second-order valence-electron chi connectivity index (χ2n) is 1.22. The van der Waals surface area contributed by atoms with Crippen molar-refractivity contribution in [3.8, 4) is 0 Å². The van der Waals surface area contributed by atoms with Gasteiger partial charge in [-0.1, -0.05) is 9.46 Å². The van der Waals surface area contributed by atoms with Gasteiger partial charge in [-0.25, -0.2) is 14.2 Å². The molecule has 8 nitrogen and oxygen atoms in total. The van der Waals surface area contributed by atoms with Crippen LogP contribution in [-0.4, -0.2) is 27.0 Å². The van der Waals surface area contributed by atoms with Gasteiger partial charge in [-0.3, -0.25) is 4.89 Å². The Kier molecular flexibility index (Phi) is 12.4. The Morgan fingerprint density at radius 1 is 1.14 bits per heavy atom. The molecule has 0 heterocycles. The molecule has 0 aliphatic carbocycles. The predicted molar refractivity (Wildman–Crippen MR) is 30.6 cm³/mol. The monoisotopic (exact) mass is 232 g/mol. The first kappa shape index (κ1) is 19.1. The molecule has 0 bridgehead atoms. The van der Waals surface area contributed by atoms with Crippen LogP contribution in [0.3, 0.4) is 0 Å². The fourth-order valence-corrected chi connectivity index (χ4v) is 0.0319. The minimum absolute atomic E-state index is 0. The van der Waals surface area contributed by atoms with Gasteiger partial charge in [0.25, 0.3) is 0 Å². The average molecular weight is 232 g/mol. The van der Waals surface area contributed by atoms with Crippen molar-refractivity contribution < 1.29 is 68.1 Å². The molecule has 14 heavy (non-hydrogen) atoms. The van der Waals surface area contributed by atoms with Gasteiger partial charge in [0.05, 0.1) is 0 Å². The topological polar surface area (TPSA) is 130 Å². The van der Waals surface area contributed by atoms with Gasteiger partial charge < -0.3 is 11.6 Å². The van der Waals surface area contributed by atoms with E-state index in [4.69, 9.17) is 24.7 Å². The average Bonchev–Trinajstić information content (AvgIpc) is 2.05. The van der Waals surface area contributed by atoms with Crippen molar-refractivity contribution in [1.29, 1.82) is 0 Å². The third-order valence-corrected chi connectivity index (χ3v) is 0.706. The van der Waals surface area contributed by atoms with Crippen molar-refractivity contribution in [2.24, 2.45) is 0 Å². The number of carboxylic acid groups (broad SMARTS) is 2. The van der Waals surface area contributed by atoms with Crippen LogP contribution in [0.4, 0.5) is 9.05 Å². The van der Waals surface area contributed by atoms with Gasteiger partial charge >= 0.3 is 38.6 Å². The number of rotatable bonds is 2. The van der Waals surface area contributed by atoms with Crippen LogP contribution in [-0.2, 0) is 23.6 Å². The van der Waals surface area contributed by atoms with Crippen LogP contribution in [0.25, 0.3) is 0 Å². The Balaban J connectivity index is -0.0000000718. The molecule has 12 heteroatoms. The van der Waals surface area contributed by atoms with Gasteiger partial charge in [0.15, 0.2) is 0 Å². The first-order valence-electron chi connectivity index (χ1n) is 2.16. The molecular formula is C2H4F2LiO8P. The maximum absolute atomic E-state index is 10.4. The smallest absolute Gasteiger partial charge is 1.00 e. The second-order valence-corrected chi connectivity index (χ2v) is 2.43. The molecule has 80 valence electrons. The minimum atomic E-state index is -4.99. The van der Waals surface area contributed by atoms with Gasteiger partial charge in [0.1, 0.15) is 0 Å². The van der Waals surface area contributed by atoms with Crippen molar-refractivity contribution in [3.63, 3.8) is 0 Å². The summed E-state index contributed by atoms with van der Waals surface area (Å²) in [5.41, 5.74) is 0. The van der Waals surface area contributed by atoms with Gasteiger partial charge in [-0.2, -0.15) is 0 Å². The van der Waals surface area contributed by atoms with Crippen molar-refractivity contribution in [2.45, 2.75) is 0 Å². The van der Waals surface area contributed by atoms with Crippen LogP contribution in [0.1, 0.15) is 1.43 Å². The van der Waals surface area contributed by atoms with Crippen LogP contribution in [0.15, 0.2) is 0 Å². The van der Waals surface area contributed by atoms with E-state index in [1.54, 1.807) is 0 Å². The molecule has 0 aromatic rings. The molecule has 0 radical (unpaired) electrons. The standard InChI is InChI=1S/C2H2O4.F2HO4P.Li.H/c3-1(4)2(5)6;1-5-7(3,4)6-2;;/h(H,3,4)(H,5,6);(H,3,4);;/q;;+1;-1. The van der Waals surface area contributed by atoms with E-state index in [1.807, 2.05) is 0 Å². The summed E-state index contributed by atoms with van der Waals surface area (Å²) in [5.74, 6) is -3.65. The fourth-order valence-electron chi connectivity index (χ4n) is 0.0106. The minimum Gasteiger partial charge on any atom is -1.00 e. The summed E-state index contributed by atoms with van der Waals surface area (Å²) < 4.78 is 34.3. The molecule has 0 aromatic heterocycles. The van der Waals surface area contributed by atoms with Gasteiger partial charge in [-0.05, 0) is 9.05 Å². The second kappa shape index (κ2) is 9.08. The van der Waals surface area contributed by atoms with Crippen LogP contribution >= 0.6 is 7.82 Å². The van der Waals surface area contributed by atoms with Crippen LogP contribution in [0.5, 0.6) is 0 Å². The summed E-state index contributed by atoms with van der Waals surface area (Å²) >= 11 is 0. The van der Waals surface area contributed by atoms with Crippen LogP contribution in [0.2, 0.25) is 0 Å². The summed E-state index contributed by atoms with van der Waals surface area (Å²) in [6, 6.07) is 0. The first-order valence-corrected chi connectivity index (χ1v) is 3.66. The van der Waals surface area contributed by atoms with Crippen LogP contribution < -0.4 is 18.9 Å². The molecule has 0 unspecified atom stereocenters. The van der Waals surface area contributed by atoms with E-state index >= 15 is 0 Å². The number of halogens is 2. The summed E-state index contributed by atoms with van der Waals surface area (Å²) in [7, 11) is -4.99. The SMILES string of the molecule is O=C(O)C(=O)O.O=P(O)(OF)OF.[H-].[Li+]. The number of hydrogen-bond acceptors (Lipinski definition) is 5. The molecule has 0 saturated carbocycles. The molecule has 0 fully saturated rings. The predicted octanol–water partition coefficient (Wildman–Crippen LogP) is -2.84. The Morgan fingerprint density at radius 2 is 1.36 bits per heavy atom. The number of hydrogen-bond donors (Lipinski definition) is 3. The normalized spacial score (nSPS) is 9.07. The van der Waals surface area contributed by atoms with Gasteiger partial charge in [0.2, 0.25) is 0 Å². The Hall–Kier alpha value is -0.493. The van der Waals surface area contributed by atoms with Crippen molar-refractivity contribution in [3.05, 3.63) is 0 Å². The summed E-state index contributed by atoms with van der Waals surface area (Å²) in [4.78, 5) is 25.7. The number of carboxylic acids is 2. The zero-order valence-electron chi connectivity index (χ0n) is 7.59. The van der Waals surface area contributed by atoms with E-state index in [0.717, 1.165) is 0 Å². The van der Waals surface area contributed by atoms with Gasteiger partial charge in [-0.15, -0.1) is 0 Å². The Morgan fingerprint density at radius 3 is 1.36 bits per heavy atom. The van der Waals surface area contributed by atoms with E-state index in [-0.39, 0.29) is 20.3 Å². The molecule has 0 atom stereocenters. The first-order chi connectivity index (χ1) is 5.76. The van der Waals surface area contributed by atoms with E-state index in [2.05, 4.69) is 9.46 Å². The maximum Gasteiger partial charge on any atom is 1.00 e. The quantitative estimate of drug-likeness (QED) is 0.263. The van der Waals surface area contributed by atoms with E-state index in [0.29, 0.717) is 0 Å². The summed E-state index contributed by atoms with van der Waals surface area (Å²) in [6.45, 7) is 0. The number of carbonyl (C=O) groups is 2. The van der Waals surface area contributed by atoms with Crippen molar-refractivity contribution in [1.82, 2.24) is 0 Å². The van der Waals surface area contributed by atoms with E-state index in [9.17, 15) is 13.6 Å². The molecule has 0 rings (SSSR count). The Bertz CT molecular complexity index is 217. The largest absolute Gasteiger partial charge is 1.00 e. The van der Waals surface area contributed by atoms with E-state index in [1.165, 1.54) is 0 Å². The third-order valence-electron chi connectivity index (χ3n) is 0.357. The summed E-state index contributed by atoms with van der Waals surface area (Å²) in [6.07, 6.45) is 0. The summed E-state index contributed by atoms with van der Waals surface area (Å²) in [5, 5.41) is 14.8. The Labute approximate surface area is 88.5 Å².